The first kappa shape index (κ1) is 26.2. The van der Waals surface area contributed by atoms with Crippen LogP contribution in [-0.4, -0.2) is 25.5 Å². The Balaban J connectivity index is 0.000000221. The fourth-order valence-electron chi connectivity index (χ4n) is 3.96. The van der Waals surface area contributed by atoms with Crippen LogP contribution in [0.15, 0.2) is 30.3 Å². The average Bonchev–Trinajstić information content (AvgIpc) is 2.74. The fourth-order valence-corrected chi connectivity index (χ4v) is 5.18. The lowest BCUT2D eigenvalue weighted by molar-refractivity contribution is -0.655. The van der Waals surface area contributed by atoms with E-state index in [9.17, 15) is 14.3 Å². The molecule has 7 heteroatoms. The number of phosphoric acid groups is 1. The number of Topliss-reactive ketones (excluding diaryl/α,β-unsaturated/α-hetero) is 1. The Morgan fingerprint density at radius 1 is 0.935 bits per heavy atom. The zero-order chi connectivity index (χ0) is 22.6. The summed E-state index contributed by atoms with van der Waals surface area (Å²) in [5, 5.41) is 2.46. The molecule has 2 aliphatic heterocycles. The average molecular weight is 454 g/mol. The predicted octanol–water partition coefficient (Wildman–Crippen LogP) is 4.30. The Morgan fingerprint density at radius 3 is 2.06 bits per heavy atom. The van der Waals surface area contributed by atoms with E-state index < -0.39 is 13.9 Å². The summed E-state index contributed by atoms with van der Waals surface area (Å²) in [6.07, 6.45) is 11.2. The first-order valence-corrected chi connectivity index (χ1v) is 13.3. The second kappa shape index (κ2) is 13.5. The summed E-state index contributed by atoms with van der Waals surface area (Å²) in [4.78, 5) is 22.8. The van der Waals surface area contributed by atoms with Crippen molar-refractivity contribution in [3.63, 3.8) is 0 Å². The molecule has 0 amide bonds. The van der Waals surface area contributed by atoms with Crippen molar-refractivity contribution >= 4 is 13.6 Å². The van der Waals surface area contributed by atoms with Crippen molar-refractivity contribution in [1.82, 2.24) is 0 Å². The van der Waals surface area contributed by atoms with Crippen LogP contribution >= 0.6 is 7.82 Å². The third-order valence-electron chi connectivity index (χ3n) is 5.87. The van der Waals surface area contributed by atoms with Gasteiger partial charge in [0, 0.05) is 18.3 Å². The zero-order valence-corrected chi connectivity index (χ0v) is 20.1. The smallest absolute Gasteiger partial charge is 0.268 e. The summed E-state index contributed by atoms with van der Waals surface area (Å²) in [5.41, 5.74) is 0.492. The van der Waals surface area contributed by atoms with Gasteiger partial charge in [-0.25, -0.2) is 0 Å². The normalized spacial score (nSPS) is 28.6. The zero-order valence-electron chi connectivity index (χ0n) is 19.2. The van der Waals surface area contributed by atoms with Crippen LogP contribution in [0.4, 0.5) is 0 Å². The molecule has 0 aliphatic carbocycles. The van der Waals surface area contributed by atoms with Crippen LogP contribution in [0, 0.1) is 5.41 Å². The standard InChI is InChI=1S/C13H25NO.C11H15O4P/c15-13-9-5-1-3-7-11-14-12-8-4-2-6-10-13;1-11(2)8-14-16(12,13)15-10(11)9-6-4-3-5-7-9/h14H,1-12H2;3-7,10H,8H2,1-2H3,(H,12,13)/t;10-/m.1/s1. The molecule has 3 rings (SSSR count). The van der Waals surface area contributed by atoms with E-state index in [4.69, 9.17) is 9.05 Å². The SMILES string of the molecule is CC1(C)COP(=O)([O-])O[C@@H]1c1ccccc1.O=C1CCCCCC[NH2+]CCCCCC1. The topological polar surface area (TPSA) is 92.3 Å². The first-order valence-electron chi connectivity index (χ1n) is 11.8. The molecular weight excluding hydrogens is 413 g/mol. The summed E-state index contributed by atoms with van der Waals surface area (Å²) in [6.45, 7) is 6.56. The van der Waals surface area contributed by atoms with Crippen molar-refractivity contribution in [1.29, 1.82) is 0 Å². The van der Waals surface area contributed by atoms with Crippen molar-refractivity contribution in [2.75, 3.05) is 19.7 Å². The molecule has 2 aliphatic rings. The molecule has 31 heavy (non-hydrogen) atoms. The minimum Gasteiger partial charge on any atom is -0.756 e. The minimum atomic E-state index is -4.14. The van der Waals surface area contributed by atoms with Gasteiger partial charge in [0.05, 0.1) is 25.8 Å². The Bertz CT molecular complexity index is 678. The lowest BCUT2D eigenvalue weighted by Gasteiger charge is -2.43. The molecule has 0 saturated carbocycles. The van der Waals surface area contributed by atoms with Crippen LogP contribution in [-0.2, 0) is 18.4 Å². The van der Waals surface area contributed by atoms with Crippen LogP contribution in [0.25, 0.3) is 0 Å². The quantitative estimate of drug-likeness (QED) is 0.640. The van der Waals surface area contributed by atoms with E-state index in [0.29, 0.717) is 5.78 Å². The van der Waals surface area contributed by atoms with E-state index in [0.717, 1.165) is 31.2 Å². The first-order chi connectivity index (χ1) is 14.8. The van der Waals surface area contributed by atoms with Crippen molar-refractivity contribution in [3.05, 3.63) is 35.9 Å². The number of carbonyl (C=O) groups is 1. The molecule has 2 N–H and O–H groups in total. The third kappa shape index (κ3) is 10.4. The number of ketones is 1. The van der Waals surface area contributed by atoms with E-state index in [-0.39, 0.29) is 12.0 Å². The lowest BCUT2D eigenvalue weighted by atomic mass is 9.83. The maximum Gasteiger partial charge on any atom is 0.268 e. The number of carbonyl (C=O) groups excluding carboxylic acids is 1. The molecule has 0 radical (unpaired) electrons. The van der Waals surface area contributed by atoms with Crippen LogP contribution in [0.3, 0.4) is 0 Å². The summed E-state index contributed by atoms with van der Waals surface area (Å²) < 4.78 is 21.1. The number of phosphoric ester groups is 1. The second-order valence-corrected chi connectivity index (χ2v) is 10.7. The highest BCUT2D eigenvalue weighted by Crippen LogP contribution is 2.55. The van der Waals surface area contributed by atoms with Gasteiger partial charge in [0.1, 0.15) is 5.78 Å². The number of rotatable bonds is 1. The van der Waals surface area contributed by atoms with Crippen LogP contribution in [0.5, 0.6) is 0 Å². The van der Waals surface area contributed by atoms with Crippen molar-refractivity contribution in [3.8, 4) is 0 Å². The maximum absolute atomic E-state index is 11.4. The van der Waals surface area contributed by atoms with Crippen molar-refractivity contribution in [2.45, 2.75) is 84.2 Å². The highest BCUT2D eigenvalue weighted by Gasteiger charge is 2.40. The Morgan fingerprint density at radius 2 is 1.48 bits per heavy atom. The summed E-state index contributed by atoms with van der Waals surface area (Å²) in [7, 11) is -4.14. The number of hydrogen-bond donors (Lipinski definition) is 1. The van der Waals surface area contributed by atoms with E-state index in [2.05, 4.69) is 5.32 Å². The van der Waals surface area contributed by atoms with Gasteiger partial charge >= 0.3 is 0 Å². The molecule has 6 nitrogen and oxygen atoms in total. The summed E-state index contributed by atoms with van der Waals surface area (Å²) >= 11 is 0. The Hall–Kier alpha value is -1.04. The third-order valence-corrected chi connectivity index (χ3v) is 6.78. The van der Waals surface area contributed by atoms with Gasteiger partial charge in [-0.3, -0.25) is 9.36 Å². The van der Waals surface area contributed by atoms with Gasteiger partial charge in [0.2, 0.25) is 0 Å². The molecule has 1 aromatic carbocycles. The number of nitrogens with two attached hydrogens (primary N) is 1. The van der Waals surface area contributed by atoms with Gasteiger partial charge in [-0.1, -0.05) is 57.0 Å². The summed E-state index contributed by atoms with van der Waals surface area (Å²) in [5.74, 6) is 0.499. The molecule has 0 spiro atoms. The number of hydrogen-bond acceptors (Lipinski definition) is 5. The van der Waals surface area contributed by atoms with Gasteiger partial charge < -0.3 is 19.3 Å². The van der Waals surface area contributed by atoms with Crippen LogP contribution in [0.1, 0.15) is 89.7 Å². The predicted molar refractivity (Wildman–Crippen MR) is 120 cm³/mol. The fraction of sp³-hybridized carbons (Fsp3) is 0.708. The van der Waals surface area contributed by atoms with Gasteiger partial charge in [-0.05, 0) is 44.1 Å². The van der Waals surface area contributed by atoms with Crippen molar-refractivity contribution in [2.24, 2.45) is 5.41 Å². The second-order valence-electron chi connectivity index (χ2n) is 9.34. The minimum absolute atomic E-state index is 0.146. The number of benzene rings is 1. The molecule has 0 aromatic heterocycles. The highest BCUT2D eigenvalue weighted by molar-refractivity contribution is 7.45. The van der Waals surface area contributed by atoms with E-state index >= 15 is 0 Å². The molecule has 2 saturated heterocycles. The molecule has 1 aromatic rings. The van der Waals surface area contributed by atoms with Crippen molar-refractivity contribution < 1.29 is 28.6 Å². The molecule has 0 bridgehead atoms. The Kier molecular flexibility index (Phi) is 11.4. The number of quaternary nitrogens is 1. The maximum atomic E-state index is 11.4. The van der Waals surface area contributed by atoms with E-state index in [1.54, 1.807) is 0 Å². The van der Waals surface area contributed by atoms with E-state index in [1.807, 2.05) is 44.2 Å². The Labute approximate surface area is 187 Å². The molecule has 2 atom stereocenters. The van der Waals surface area contributed by atoms with Gasteiger partial charge in [0.25, 0.3) is 7.82 Å². The van der Waals surface area contributed by atoms with Gasteiger partial charge in [0.15, 0.2) is 0 Å². The highest BCUT2D eigenvalue weighted by atomic mass is 31.2. The van der Waals surface area contributed by atoms with Gasteiger partial charge in [-0.15, -0.1) is 0 Å². The largest absolute Gasteiger partial charge is 0.756 e. The molecular formula is C24H40NO5P. The molecule has 2 fully saturated rings. The monoisotopic (exact) mass is 453 g/mol. The lowest BCUT2D eigenvalue weighted by Crippen LogP contribution is -2.84. The molecule has 2 heterocycles. The van der Waals surface area contributed by atoms with Crippen LogP contribution in [0.2, 0.25) is 0 Å². The van der Waals surface area contributed by atoms with Crippen LogP contribution < -0.4 is 10.2 Å². The molecule has 1 unspecified atom stereocenters. The van der Waals surface area contributed by atoms with Gasteiger partial charge in [-0.2, -0.15) is 0 Å². The molecule has 176 valence electrons. The van der Waals surface area contributed by atoms with E-state index in [1.165, 1.54) is 51.6 Å². The summed E-state index contributed by atoms with van der Waals surface area (Å²) in [6, 6.07) is 9.32.